The Morgan fingerprint density at radius 1 is 1.40 bits per heavy atom. The molecule has 1 amide bonds. The third-order valence-corrected chi connectivity index (χ3v) is 2.21. The first-order valence-corrected chi connectivity index (χ1v) is 5.23. The molecule has 82 valence electrons. The van der Waals surface area contributed by atoms with Gasteiger partial charge >= 0.3 is 0 Å². The van der Waals surface area contributed by atoms with Crippen LogP contribution in [0.15, 0.2) is 12.1 Å². The zero-order valence-corrected chi connectivity index (χ0v) is 9.60. The molecule has 15 heavy (non-hydrogen) atoms. The summed E-state index contributed by atoms with van der Waals surface area (Å²) >= 11 is 11.3. The summed E-state index contributed by atoms with van der Waals surface area (Å²) in [6, 6.07) is 3.19. The predicted molar refractivity (Wildman–Crippen MR) is 57.8 cm³/mol. The van der Waals surface area contributed by atoms with E-state index in [0.29, 0.717) is 17.0 Å². The molecule has 0 atom stereocenters. The molecule has 0 spiro atoms. The lowest BCUT2D eigenvalue weighted by Crippen LogP contribution is -2.22. The molecule has 0 saturated carbocycles. The number of hydrogen-bond acceptors (Lipinski definition) is 3. The van der Waals surface area contributed by atoms with Gasteiger partial charge in [-0.15, -0.1) is 23.2 Å². The Kier molecular flexibility index (Phi) is 4.81. The summed E-state index contributed by atoms with van der Waals surface area (Å²) in [5.74, 6) is 0.119. The molecule has 0 saturated heterocycles. The highest BCUT2D eigenvalue weighted by Gasteiger charge is 2.08. The molecule has 4 nitrogen and oxygen atoms in total. The van der Waals surface area contributed by atoms with Gasteiger partial charge in [0, 0.05) is 5.56 Å². The Labute approximate surface area is 97.5 Å². The predicted octanol–water partition coefficient (Wildman–Crippen LogP) is 1.85. The summed E-state index contributed by atoms with van der Waals surface area (Å²) in [4.78, 5) is 20.1. The van der Waals surface area contributed by atoms with Crippen molar-refractivity contribution in [3.8, 4) is 0 Å². The van der Waals surface area contributed by atoms with Crippen LogP contribution in [0.4, 0.5) is 0 Å². The first-order valence-electron chi connectivity index (χ1n) is 4.16. The van der Waals surface area contributed by atoms with E-state index in [1.807, 2.05) is 0 Å². The van der Waals surface area contributed by atoms with E-state index in [4.69, 9.17) is 23.2 Å². The van der Waals surface area contributed by atoms with Crippen LogP contribution in [0.1, 0.15) is 21.7 Å². The van der Waals surface area contributed by atoms with Crippen LogP contribution in [0.3, 0.4) is 0 Å². The van der Waals surface area contributed by atoms with Crippen molar-refractivity contribution in [2.24, 2.45) is 0 Å². The summed E-state index contributed by atoms with van der Waals surface area (Å²) in [7, 11) is 1.37. The second-order valence-corrected chi connectivity index (χ2v) is 3.28. The molecule has 0 bridgehead atoms. The van der Waals surface area contributed by atoms with Gasteiger partial charge in [0.25, 0.3) is 5.91 Å². The fraction of sp³-hybridized carbons (Fsp3) is 0.333. The number of nitrogens with zero attached hydrogens (tertiary/aromatic N) is 1. The van der Waals surface area contributed by atoms with E-state index in [9.17, 15) is 4.79 Å². The van der Waals surface area contributed by atoms with Crippen LogP contribution >= 0.6 is 23.2 Å². The highest BCUT2D eigenvalue weighted by Crippen LogP contribution is 2.10. The summed E-state index contributed by atoms with van der Waals surface area (Å²) in [5.41, 5.74) is 3.86. The van der Waals surface area contributed by atoms with Crippen molar-refractivity contribution in [3.63, 3.8) is 0 Å². The molecular weight excluding hydrogens is 239 g/mol. The monoisotopic (exact) mass is 248 g/mol. The zero-order chi connectivity index (χ0) is 11.3. The number of hydrogen-bond donors (Lipinski definition) is 1. The zero-order valence-electron chi connectivity index (χ0n) is 8.09. The Hall–Kier alpha value is -0.840. The normalized spacial score (nSPS) is 10.1. The van der Waals surface area contributed by atoms with E-state index < -0.39 is 0 Å². The lowest BCUT2D eigenvalue weighted by molar-refractivity contribution is 0.0537. The summed E-state index contributed by atoms with van der Waals surface area (Å²) < 4.78 is 0. The molecule has 0 aliphatic carbocycles. The second kappa shape index (κ2) is 5.90. The van der Waals surface area contributed by atoms with Crippen molar-refractivity contribution in [1.29, 1.82) is 0 Å². The van der Waals surface area contributed by atoms with Gasteiger partial charge in [0.2, 0.25) is 0 Å². The fourth-order valence-corrected chi connectivity index (χ4v) is 1.34. The Morgan fingerprint density at radius 3 is 2.33 bits per heavy atom. The third-order valence-electron chi connectivity index (χ3n) is 1.66. The van der Waals surface area contributed by atoms with Crippen molar-refractivity contribution in [2.45, 2.75) is 11.8 Å². The van der Waals surface area contributed by atoms with Crippen LogP contribution in [0.2, 0.25) is 0 Å². The number of halogens is 2. The first-order chi connectivity index (χ1) is 7.21. The number of carbonyl (C=O) groups is 1. The van der Waals surface area contributed by atoms with Gasteiger partial charge in [-0.05, 0) is 12.1 Å². The van der Waals surface area contributed by atoms with Gasteiger partial charge in [0.15, 0.2) is 0 Å². The Balaban J connectivity index is 3.01. The minimum Gasteiger partial charge on any atom is -0.277 e. The molecule has 0 fully saturated rings. The molecule has 0 radical (unpaired) electrons. The molecule has 1 aromatic rings. The molecule has 0 unspecified atom stereocenters. The van der Waals surface area contributed by atoms with E-state index in [0.717, 1.165) is 0 Å². The minimum atomic E-state index is -0.349. The molecule has 0 aromatic carbocycles. The topological polar surface area (TPSA) is 51.2 Å². The number of amides is 1. The largest absolute Gasteiger partial charge is 0.277 e. The standard InChI is InChI=1S/C9H10Cl2N2O2/c1-15-13-9(14)6-2-7(4-10)12-8(3-6)5-11/h2-3H,4-5H2,1H3,(H,13,14). The van der Waals surface area contributed by atoms with Gasteiger partial charge in [-0.1, -0.05) is 0 Å². The number of aromatic nitrogens is 1. The van der Waals surface area contributed by atoms with Gasteiger partial charge in [0.1, 0.15) is 0 Å². The van der Waals surface area contributed by atoms with Crippen LogP contribution in [0.25, 0.3) is 0 Å². The van der Waals surface area contributed by atoms with Crippen molar-refractivity contribution in [2.75, 3.05) is 7.11 Å². The van der Waals surface area contributed by atoms with Gasteiger partial charge in [-0.25, -0.2) is 5.48 Å². The highest BCUT2D eigenvalue weighted by molar-refractivity contribution is 6.17. The van der Waals surface area contributed by atoms with Crippen molar-refractivity contribution >= 4 is 29.1 Å². The van der Waals surface area contributed by atoms with Crippen LogP contribution in [0, 0.1) is 0 Å². The van der Waals surface area contributed by atoms with Gasteiger partial charge in [-0.2, -0.15) is 0 Å². The molecule has 1 aromatic heterocycles. The highest BCUT2D eigenvalue weighted by atomic mass is 35.5. The van der Waals surface area contributed by atoms with Crippen LogP contribution in [-0.2, 0) is 16.6 Å². The van der Waals surface area contributed by atoms with Crippen LogP contribution in [0.5, 0.6) is 0 Å². The average molecular weight is 249 g/mol. The van der Waals surface area contributed by atoms with E-state index in [2.05, 4.69) is 15.3 Å². The number of carbonyl (C=O) groups excluding carboxylic acids is 1. The molecule has 1 heterocycles. The number of alkyl halides is 2. The number of nitrogens with one attached hydrogen (secondary N) is 1. The van der Waals surface area contributed by atoms with E-state index >= 15 is 0 Å². The average Bonchev–Trinajstić information content (AvgIpc) is 2.28. The van der Waals surface area contributed by atoms with Gasteiger partial charge in [0.05, 0.1) is 30.3 Å². The third kappa shape index (κ3) is 3.34. The van der Waals surface area contributed by atoms with E-state index in [-0.39, 0.29) is 17.7 Å². The van der Waals surface area contributed by atoms with Gasteiger partial charge in [-0.3, -0.25) is 14.6 Å². The maximum atomic E-state index is 11.4. The maximum absolute atomic E-state index is 11.4. The second-order valence-electron chi connectivity index (χ2n) is 2.74. The molecular formula is C9H10Cl2N2O2. The smallest absolute Gasteiger partial charge is 0.274 e. The maximum Gasteiger partial charge on any atom is 0.274 e. The fourth-order valence-electron chi connectivity index (χ4n) is 1.07. The SMILES string of the molecule is CONC(=O)c1cc(CCl)nc(CCl)c1. The molecule has 1 N–H and O–H groups in total. The first kappa shape index (κ1) is 12.2. The molecule has 0 aliphatic heterocycles. The summed E-state index contributed by atoms with van der Waals surface area (Å²) in [5, 5.41) is 0. The van der Waals surface area contributed by atoms with Crippen LogP contribution < -0.4 is 5.48 Å². The van der Waals surface area contributed by atoms with Gasteiger partial charge < -0.3 is 0 Å². The Bertz CT molecular complexity index is 336. The number of pyridine rings is 1. The molecule has 0 aliphatic rings. The van der Waals surface area contributed by atoms with Crippen molar-refractivity contribution < 1.29 is 9.63 Å². The minimum absolute atomic E-state index is 0.234. The lowest BCUT2D eigenvalue weighted by atomic mass is 10.2. The lowest BCUT2D eigenvalue weighted by Gasteiger charge is -2.05. The quantitative estimate of drug-likeness (QED) is 0.654. The number of rotatable bonds is 4. The summed E-state index contributed by atoms with van der Waals surface area (Å²) in [6.45, 7) is 0. The van der Waals surface area contributed by atoms with Crippen molar-refractivity contribution in [1.82, 2.24) is 10.5 Å². The molecule has 6 heteroatoms. The van der Waals surface area contributed by atoms with E-state index in [1.165, 1.54) is 7.11 Å². The number of hydroxylamine groups is 1. The van der Waals surface area contributed by atoms with Crippen molar-refractivity contribution in [3.05, 3.63) is 29.1 Å². The van der Waals surface area contributed by atoms with E-state index in [1.54, 1.807) is 12.1 Å². The molecule has 1 rings (SSSR count). The Morgan fingerprint density at radius 2 is 1.93 bits per heavy atom. The van der Waals surface area contributed by atoms with Crippen LogP contribution in [-0.4, -0.2) is 18.0 Å². The summed E-state index contributed by atoms with van der Waals surface area (Å²) in [6.07, 6.45) is 0.